The summed E-state index contributed by atoms with van der Waals surface area (Å²) in [4.78, 5) is 26.7. The van der Waals surface area contributed by atoms with Crippen molar-refractivity contribution in [1.82, 2.24) is 5.32 Å². The van der Waals surface area contributed by atoms with Gasteiger partial charge in [0, 0.05) is 35.2 Å². The zero-order valence-electron chi connectivity index (χ0n) is 12.3. The Morgan fingerprint density at radius 1 is 1.30 bits per heavy atom. The fraction of sp³-hybridized carbons (Fsp3) is 0.467. The van der Waals surface area contributed by atoms with Crippen molar-refractivity contribution in [2.24, 2.45) is 0 Å². The van der Waals surface area contributed by atoms with E-state index < -0.39 is 0 Å². The van der Waals surface area contributed by atoms with Gasteiger partial charge in [-0.25, -0.2) is 0 Å². The van der Waals surface area contributed by atoms with Crippen LogP contribution in [0.25, 0.3) is 0 Å². The van der Waals surface area contributed by atoms with E-state index in [4.69, 9.17) is 0 Å². The van der Waals surface area contributed by atoms with Gasteiger partial charge in [-0.3, -0.25) is 9.59 Å². The molecule has 0 aromatic heterocycles. The highest BCUT2D eigenvalue weighted by Gasteiger charge is 2.23. The monoisotopic (exact) mass is 292 g/mol. The second-order valence-corrected chi connectivity index (χ2v) is 7.04. The standard InChI is InChI=1S/C15H20N2O2S/c1-10(18)17-7-8-20-13-6-5-11(9-12(13)17)14(19)16-15(2,3)4/h5-6,9H,7-8H2,1-4H3,(H,16,19). The first kappa shape index (κ1) is 14.9. The van der Waals surface area contributed by atoms with E-state index >= 15 is 0 Å². The second-order valence-electron chi connectivity index (χ2n) is 5.91. The molecule has 108 valence electrons. The van der Waals surface area contributed by atoms with Crippen molar-refractivity contribution in [3.63, 3.8) is 0 Å². The molecule has 0 saturated carbocycles. The Bertz CT molecular complexity index is 549. The first-order chi connectivity index (χ1) is 9.28. The third kappa shape index (κ3) is 3.33. The number of benzene rings is 1. The van der Waals surface area contributed by atoms with Crippen molar-refractivity contribution >= 4 is 29.3 Å². The number of rotatable bonds is 1. The van der Waals surface area contributed by atoms with Gasteiger partial charge in [-0.15, -0.1) is 11.8 Å². The summed E-state index contributed by atoms with van der Waals surface area (Å²) in [7, 11) is 0. The van der Waals surface area contributed by atoms with Gasteiger partial charge in [0.2, 0.25) is 5.91 Å². The predicted octanol–water partition coefficient (Wildman–Crippen LogP) is 2.67. The van der Waals surface area contributed by atoms with Gasteiger partial charge >= 0.3 is 0 Å². The van der Waals surface area contributed by atoms with E-state index in [0.29, 0.717) is 12.1 Å². The molecule has 1 aromatic rings. The maximum absolute atomic E-state index is 12.2. The fourth-order valence-electron chi connectivity index (χ4n) is 2.10. The van der Waals surface area contributed by atoms with Crippen LogP contribution in [0, 0.1) is 0 Å². The Labute approximate surface area is 123 Å². The summed E-state index contributed by atoms with van der Waals surface area (Å²) in [6, 6.07) is 5.55. The largest absolute Gasteiger partial charge is 0.347 e. The molecule has 2 amide bonds. The molecule has 0 atom stereocenters. The van der Waals surface area contributed by atoms with Crippen molar-refractivity contribution in [1.29, 1.82) is 0 Å². The van der Waals surface area contributed by atoms with Crippen LogP contribution in [-0.2, 0) is 4.79 Å². The minimum atomic E-state index is -0.276. The maximum atomic E-state index is 12.2. The molecule has 0 spiro atoms. The summed E-state index contributed by atoms with van der Waals surface area (Å²) >= 11 is 1.72. The van der Waals surface area contributed by atoms with E-state index in [9.17, 15) is 9.59 Å². The number of amides is 2. The Morgan fingerprint density at radius 3 is 2.60 bits per heavy atom. The average Bonchev–Trinajstić information content (AvgIpc) is 2.35. The lowest BCUT2D eigenvalue weighted by atomic mass is 10.1. The van der Waals surface area contributed by atoms with Gasteiger partial charge in [-0.2, -0.15) is 0 Å². The first-order valence-electron chi connectivity index (χ1n) is 6.65. The summed E-state index contributed by atoms with van der Waals surface area (Å²) in [5, 5.41) is 2.94. The SMILES string of the molecule is CC(=O)N1CCSc2ccc(C(=O)NC(C)(C)C)cc21. The number of thioether (sulfide) groups is 1. The molecule has 1 heterocycles. The van der Waals surface area contributed by atoms with Gasteiger partial charge in [0.05, 0.1) is 5.69 Å². The molecular weight excluding hydrogens is 272 g/mol. The molecular formula is C15H20N2O2S. The highest BCUT2D eigenvalue weighted by Crippen LogP contribution is 2.35. The molecule has 1 aromatic carbocycles. The van der Waals surface area contributed by atoms with Gasteiger partial charge in [0.15, 0.2) is 0 Å². The predicted molar refractivity (Wildman–Crippen MR) is 82.4 cm³/mol. The van der Waals surface area contributed by atoms with Crippen molar-refractivity contribution in [2.45, 2.75) is 38.1 Å². The fourth-order valence-corrected chi connectivity index (χ4v) is 3.07. The van der Waals surface area contributed by atoms with Crippen molar-refractivity contribution in [3.05, 3.63) is 23.8 Å². The Kier molecular flexibility index (Phi) is 4.09. The van der Waals surface area contributed by atoms with Crippen LogP contribution >= 0.6 is 11.8 Å². The molecule has 0 radical (unpaired) electrons. The molecule has 1 aliphatic rings. The molecule has 5 heteroatoms. The van der Waals surface area contributed by atoms with Gasteiger partial charge < -0.3 is 10.2 Å². The van der Waals surface area contributed by atoms with E-state index in [1.165, 1.54) is 0 Å². The molecule has 4 nitrogen and oxygen atoms in total. The normalized spacial score (nSPS) is 14.7. The van der Waals surface area contributed by atoms with Gasteiger partial charge in [-0.1, -0.05) is 0 Å². The third-order valence-corrected chi connectivity index (χ3v) is 4.00. The Hall–Kier alpha value is -1.49. The molecule has 2 rings (SSSR count). The number of carbonyl (C=O) groups is 2. The van der Waals surface area contributed by atoms with Crippen LogP contribution in [0.5, 0.6) is 0 Å². The number of hydrogen-bond acceptors (Lipinski definition) is 3. The second kappa shape index (κ2) is 5.48. The summed E-state index contributed by atoms with van der Waals surface area (Å²) in [5.74, 6) is 0.791. The molecule has 1 aliphatic heterocycles. The van der Waals surface area contributed by atoms with Crippen molar-refractivity contribution in [2.75, 3.05) is 17.2 Å². The average molecular weight is 292 g/mol. The van der Waals surface area contributed by atoms with Crippen LogP contribution in [0.15, 0.2) is 23.1 Å². The molecule has 0 fully saturated rings. The number of anilines is 1. The van der Waals surface area contributed by atoms with Gasteiger partial charge in [0.25, 0.3) is 5.91 Å². The van der Waals surface area contributed by atoms with Crippen LogP contribution in [0.2, 0.25) is 0 Å². The van der Waals surface area contributed by atoms with Crippen molar-refractivity contribution in [3.8, 4) is 0 Å². The lowest BCUT2D eigenvalue weighted by molar-refractivity contribution is -0.116. The highest BCUT2D eigenvalue weighted by atomic mass is 32.2. The number of nitrogens with one attached hydrogen (secondary N) is 1. The zero-order valence-corrected chi connectivity index (χ0v) is 13.1. The van der Waals surface area contributed by atoms with Crippen LogP contribution in [0.1, 0.15) is 38.1 Å². The summed E-state index contributed by atoms with van der Waals surface area (Å²) in [6.07, 6.45) is 0. The molecule has 0 bridgehead atoms. The van der Waals surface area contributed by atoms with Crippen LogP contribution < -0.4 is 10.2 Å². The topological polar surface area (TPSA) is 49.4 Å². The first-order valence-corrected chi connectivity index (χ1v) is 7.64. The maximum Gasteiger partial charge on any atom is 0.251 e. The number of carbonyl (C=O) groups excluding carboxylic acids is 2. The molecule has 1 N–H and O–H groups in total. The minimum Gasteiger partial charge on any atom is -0.347 e. The Balaban J connectivity index is 2.32. The van der Waals surface area contributed by atoms with Crippen molar-refractivity contribution < 1.29 is 9.59 Å². The molecule has 0 unspecified atom stereocenters. The summed E-state index contributed by atoms with van der Waals surface area (Å²) in [5.41, 5.74) is 1.16. The molecule has 20 heavy (non-hydrogen) atoms. The summed E-state index contributed by atoms with van der Waals surface area (Å²) < 4.78 is 0. The quantitative estimate of drug-likeness (QED) is 0.865. The smallest absolute Gasteiger partial charge is 0.251 e. The molecule has 0 saturated heterocycles. The number of fused-ring (bicyclic) bond motifs is 1. The van der Waals surface area contributed by atoms with Crippen LogP contribution in [0.4, 0.5) is 5.69 Å². The lowest BCUT2D eigenvalue weighted by Gasteiger charge is -2.28. The van der Waals surface area contributed by atoms with E-state index in [1.54, 1.807) is 23.6 Å². The number of nitrogens with zero attached hydrogens (tertiary/aromatic N) is 1. The van der Waals surface area contributed by atoms with Gasteiger partial charge in [0.1, 0.15) is 0 Å². The Morgan fingerprint density at radius 2 is 2.00 bits per heavy atom. The van der Waals surface area contributed by atoms with Crippen LogP contribution in [0.3, 0.4) is 0 Å². The van der Waals surface area contributed by atoms with E-state index in [-0.39, 0.29) is 17.4 Å². The molecule has 0 aliphatic carbocycles. The number of hydrogen-bond donors (Lipinski definition) is 1. The van der Waals surface area contributed by atoms with Gasteiger partial charge in [-0.05, 0) is 39.0 Å². The summed E-state index contributed by atoms with van der Waals surface area (Å²) in [6.45, 7) is 8.09. The van der Waals surface area contributed by atoms with Crippen LogP contribution in [-0.4, -0.2) is 29.7 Å². The zero-order chi connectivity index (χ0) is 14.9. The minimum absolute atomic E-state index is 0.0138. The van der Waals surface area contributed by atoms with E-state index in [0.717, 1.165) is 16.3 Å². The third-order valence-electron chi connectivity index (χ3n) is 2.95. The van der Waals surface area contributed by atoms with E-state index in [2.05, 4.69) is 5.32 Å². The lowest BCUT2D eigenvalue weighted by Crippen LogP contribution is -2.40. The van der Waals surface area contributed by atoms with E-state index in [1.807, 2.05) is 39.0 Å². The highest BCUT2D eigenvalue weighted by molar-refractivity contribution is 7.99.